The molecule has 0 bridgehead atoms. The van der Waals surface area contributed by atoms with Crippen LogP contribution in [0.25, 0.3) is 0 Å². The van der Waals surface area contributed by atoms with Gasteiger partial charge in [0.1, 0.15) is 11.5 Å². The number of rotatable bonds is 5. The lowest BCUT2D eigenvalue weighted by Crippen LogP contribution is -2.06. The Balaban J connectivity index is 1.97. The molecule has 3 rings (SSSR count). The Morgan fingerprint density at radius 1 is 0.593 bits per heavy atom. The molecule has 3 aromatic carbocycles. The van der Waals surface area contributed by atoms with E-state index in [0.717, 1.165) is 14.7 Å². The number of benzene rings is 3. The van der Waals surface area contributed by atoms with Crippen LogP contribution in [0.2, 0.25) is 0 Å². The molecule has 0 aliphatic rings. The molecule has 0 spiro atoms. The van der Waals surface area contributed by atoms with Crippen LogP contribution in [-0.2, 0) is 20.5 Å². The molecule has 0 fully saturated rings. The van der Waals surface area contributed by atoms with Crippen LogP contribution in [0.4, 0.5) is 0 Å². The second-order valence-corrected chi connectivity index (χ2v) is 7.78. The third-order valence-electron chi connectivity index (χ3n) is 3.62. The molecule has 0 aliphatic carbocycles. The van der Waals surface area contributed by atoms with Crippen molar-refractivity contribution < 1.29 is 19.1 Å². The summed E-state index contributed by atoms with van der Waals surface area (Å²) < 4.78 is 10.3. The third-order valence-corrected chi connectivity index (χ3v) is 5.85. The topological polar surface area (TPSA) is 52.6 Å². The van der Waals surface area contributed by atoms with E-state index in [4.69, 9.17) is 9.47 Å². The van der Waals surface area contributed by atoms with E-state index in [0.29, 0.717) is 11.5 Å². The van der Waals surface area contributed by atoms with Crippen molar-refractivity contribution in [2.24, 2.45) is 0 Å². The average molecular weight is 379 g/mol. The van der Waals surface area contributed by atoms with Crippen LogP contribution in [0.3, 0.4) is 0 Å². The molecule has 5 heteroatoms. The highest BCUT2D eigenvalue weighted by atomic mass is 32.2. The summed E-state index contributed by atoms with van der Waals surface area (Å²) in [6.07, 6.45) is 0. The summed E-state index contributed by atoms with van der Waals surface area (Å²) in [6, 6.07) is 25.2. The summed E-state index contributed by atoms with van der Waals surface area (Å²) in [5.74, 6) is 0.359. The molecule has 136 valence electrons. The van der Waals surface area contributed by atoms with Gasteiger partial charge in [-0.1, -0.05) is 18.2 Å². The summed E-state index contributed by atoms with van der Waals surface area (Å²) in [5, 5.41) is 0. The van der Waals surface area contributed by atoms with Crippen molar-refractivity contribution in [2.75, 3.05) is 0 Å². The van der Waals surface area contributed by atoms with Crippen molar-refractivity contribution in [1.82, 2.24) is 0 Å². The highest BCUT2D eigenvalue weighted by molar-refractivity contribution is 7.97. The molecule has 0 unspecified atom stereocenters. The van der Waals surface area contributed by atoms with Crippen molar-refractivity contribution in [2.45, 2.75) is 28.5 Å². The van der Waals surface area contributed by atoms with Gasteiger partial charge in [-0.05, 0) is 60.7 Å². The Morgan fingerprint density at radius 2 is 0.963 bits per heavy atom. The van der Waals surface area contributed by atoms with E-state index in [-0.39, 0.29) is 22.8 Å². The number of hydrogen-bond acceptors (Lipinski definition) is 4. The molecular formula is C22H19O4S+. The van der Waals surface area contributed by atoms with Gasteiger partial charge in [0.05, 0.1) is 10.9 Å². The second-order valence-electron chi connectivity index (χ2n) is 5.75. The molecule has 0 atom stereocenters. The maximum atomic E-state index is 11.1. The molecular weight excluding hydrogens is 360 g/mol. The van der Waals surface area contributed by atoms with Crippen LogP contribution in [0.15, 0.2) is 93.5 Å². The minimum absolute atomic E-state index is 0.338. The van der Waals surface area contributed by atoms with E-state index < -0.39 is 0 Å². The maximum absolute atomic E-state index is 11.1. The molecule has 0 saturated heterocycles. The predicted molar refractivity (Wildman–Crippen MR) is 104 cm³/mol. The van der Waals surface area contributed by atoms with E-state index in [1.54, 1.807) is 24.3 Å². The Labute approximate surface area is 161 Å². The van der Waals surface area contributed by atoms with Crippen LogP contribution >= 0.6 is 0 Å². The largest absolute Gasteiger partial charge is 0.427 e. The van der Waals surface area contributed by atoms with Crippen molar-refractivity contribution >= 4 is 22.8 Å². The molecule has 0 aromatic heterocycles. The van der Waals surface area contributed by atoms with Gasteiger partial charge in [-0.3, -0.25) is 9.59 Å². The van der Waals surface area contributed by atoms with E-state index in [9.17, 15) is 9.59 Å². The maximum Gasteiger partial charge on any atom is 0.308 e. The summed E-state index contributed by atoms with van der Waals surface area (Å²) >= 11 is 0. The van der Waals surface area contributed by atoms with Crippen LogP contribution in [0.1, 0.15) is 13.8 Å². The molecule has 0 saturated carbocycles. The van der Waals surface area contributed by atoms with E-state index in [2.05, 4.69) is 12.1 Å². The lowest BCUT2D eigenvalue weighted by atomic mass is 10.3. The summed E-state index contributed by atoms with van der Waals surface area (Å²) in [5.41, 5.74) is 0. The van der Waals surface area contributed by atoms with Gasteiger partial charge in [-0.2, -0.15) is 0 Å². The normalized spacial score (nSPS) is 10.5. The van der Waals surface area contributed by atoms with Crippen LogP contribution in [-0.4, -0.2) is 11.9 Å². The molecule has 3 aromatic rings. The fourth-order valence-electron chi connectivity index (χ4n) is 2.58. The van der Waals surface area contributed by atoms with Gasteiger partial charge in [0.2, 0.25) is 0 Å². The quantitative estimate of drug-likeness (QED) is 0.368. The molecule has 0 radical (unpaired) electrons. The molecule has 4 nitrogen and oxygen atoms in total. The zero-order valence-electron chi connectivity index (χ0n) is 15.0. The molecule has 0 N–H and O–H groups in total. The Bertz CT molecular complexity index is 859. The SMILES string of the molecule is CC(=O)Oc1ccc([S+](c2ccccc2)c2ccc(OC(C)=O)cc2)cc1. The van der Waals surface area contributed by atoms with Crippen LogP contribution in [0.5, 0.6) is 11.5 Å². The van der Waals surface area contributed by atoms with Crippen molar-refractivity contribution in [3.63, 3.8) is 0 Å². The van der Waals surface area contributed by atoms with Gasteiger partial charge >= 0.3 is 11.9 Å². The Kier molecular flexibility index (Phi) is 5.94. The Hall–Kier alpha value is -3.05. The Morgan fingerprint density at radius 3 is 1.33 bits per heavy atom. The van der Waals surface area contributed by atoms with Crippen molar-refractivity contribution in [1.29, 1.82) is 0 Å². The standard InChI is InChI=1S/C22H19O4S/c1-16(23)25-18-8-12-21(13-9-18)27(20-6-4-3-5-7-20)22-14-10-19(11-15-22)26-17(2)24/h3-15H,1-2H3/q+1. The average Bonchev–Trinajstić information content (AvgIpc) is 2.65. The lowest BCUT2D eigenvalue weighted by molar-refractivity contribution is -0.132. The first-order valence-corrected chi connectivity index (χ1v) is 9.62. The van der Waals surface area contributed by atoms with Crippen LogP contribution in [0, 0.1) is 0 Å². The van der Waals surface area contributed by atoms with Crippen molar-refractivity contribution in [3.05, 3.63) is 78.9 Å². The molecule has 0 aliphatic heterocycles. The van der Waals surface area contributed by atoms with Gasteiger partial charge in [0, 0.05) is 13.8 Å². The number of esters is 2. The van der Waals surface area contributed by atoms with Gasteiger partial charge in [0.25, 0.3) is 0 Å². The molecule has 0 heterocycles. The number of carbonyl (C=O) groups excluding carboxylic acids is 2. The first-order chi connectivity index (χ1) is 13.0. The smallest absolute Gasteiger partial charge is 0.308 e. The first-order valence-electron chi connectivity index (χ1n) is 8.39. The minimum Gasteiger partial charge on any atom is -0.427 e. The first kappa shape index (κ1) is 18.7. The summed E-state index contributed by atoms with van der Waals surface area (Å²) in [6.45, 7) is 2.76. The van der Waals surface area contributed by atoms with Gasteiger partial charge < -0.3 is 9.47 Å². The van der Waals surface area contributed by atoms with E-state index in [1.165, 1.54) is 13.8 Å². The fourth-order valence-corrected chi connectivity index (χ4v) is 4.65. The van der Waals surface area contributed by atoms with E-state index in [1.807, 2.05) is 42.5 Å². The number of ether oxygens (including phenoxy) is 2. The van der Waals surface area contributed by atoms with Gasteiger partial charge in [-0.15, -0.1) is 0 Å². The molecule has 0 amide bonds. The predicted octanol–water partition coefficient (Wildman–Crippen LogP) is 4.63. The highest BCUT2D eigenvalue weighted by Gasteiger charge is 2.28. The minimum atomic E-state index is -0.342. The number of hydrogen-bond donors (Lipinski definition) is 0. The fraction of sp³-hybridized carbons (Fsp3) is 0.0909. The highest BCUT2D eigenvalue weighted by Crippen LogP contribution is 2.33. The third kappa shape index (κ3) is 4.99. The monoisotopic (exact) mass is 379 g/mol. The summed E-state index contributed by atoms with van der Waals surface area (Å²) in [4.78, 5) is 25.6. The van der Waals surface area contributed by atoms with Gasteiger partial charge in [-0.25, -0.2) is 0 Å². The summed E-state index contributed by atoms with van der Waals surface area (Å²) in [7, 11) is -0.338. The lowest BCUT2D eigenvalue weighted by Gasteiger charge is -2.09. The second kappa shape index (κ2) is 8.56. The number of carbonyl (C=O) groups is 2. The van der Waals surface area contributed by atoms with Crippen molar-refractivity contribution in [3.8, 4) is 11.5 Å². The zero-order valence-corrected chi connectivity index (χ0v) is 15.9. The van der Waals surface area contributed by atoms with E-state index >= 15 is 0 Å². The van der Waals surface area contributed by atoms with Gasteiger partial charge in [0.15, 0.2) is 14.7 Å². The zero-order chi connectivity index (χ0) is 19.2. The molecule has 27 heavy (non-hydrogen) atoms. The van der Waals surface area contributed by atoms with Crippen LogP contribution < -0.4 is 9.47 Å².